The lowest BCUT2D eigenvalue weighted by Crippen LogP contribution is -2.38. The molecule has 8 nitrogen and oxygen atoms in total. The van der Waals surface area contributed by atoms with Crippen LogP contribution in [0.2, 0.25) is 0 Å². The van der Waals surface area contributed by atoms with Crippen LogP contribution in [0, 0.1) is 0 Å². The van der Waals surface area contributed by atoms with Crippen molar-refractivity contribution in [3.05, 3.63) is 47.5 Å². The van der Waals surface area contributed by atoms with Crippen LogP contribution in [0.5, 0.6) is 0 Å². The largest absolute Gasteiger partial charge is 0.379 e. The quantitative estimate of drug-likeness (QED) is 0.327. The van der Waals surface area contributed by atoms with Crippen molar-refractivity contribution in [1.82, 2.24) is 25.4 Å². The average molecular weight is 389 g/mol. The molecular weight excluding hydrogens is 356 g/mol. The maximum Gasteiger partial charge on any atom is 0.191 e. The van der Waals surface area contributed by atoms with Crippen molar-refractivity contribution >= 4 is 5.96 Å². The lowest BCUT2D eigenvalue weighted by Gasteiger charge is -2.13. The molecule has 0 amide bonds. The molecule has 0 radical (unpaired) electrons. The molecule has 2 rings (SSSR count). The third-order valence-electron chi connectivity index (χ3n) is 4.18. The van der Waals surface area contributed by atoms with Gasteiger partial charge in [-0.05, 0) is 18.1 Å². The van der Waals surface area contributed by atoms with Crippen molar-refractivity contribution in [2.75, 3.05) is 33.4 Å². The number of aryl methyl sites for hydroxylation is 1. The van der Waals surface area contributed by atoms with Gasteiger partial charge in [0.1, 0.15) is 12.2 Å². The molecule has 0 unspecified atom stereocenters. The minimum atomic E-state index is 0.590. The molecule has 0 atom stereocenters. The molecular formula is C20H32N6O2. The maximum atomic E-state index is 5.64. The number of ether oxygens (including phenoxy) is 2. The van der Waals surface area contributed by atoms with Crippen molar-refractivity contribution in [3.8, 4) is 0 Å². The van der Waals surface area contributed by atoms with E-state index in [2.05, 4.69) is 55.5 Å². The third-order valence-corrected chi connectivity index (χ3v) is 4.18. The van der Waals surface area contributed by atoms with E-state index in [1.165, 1.54) is 5.56 Å². The SMILES string of the molecule is CCOCCOCc1cccc(CNC(=NC)NCCn2cnnc2CC)c1. The second-order valence-electron chi connectivity index (χ2n) is 6.22. The Balaban J connectivity index is 1.72. The number of guanidine groups is 1. The maximum absolute atomic E-state index is 5.64. The van der Waals surface area contributed by atoms with Crippen LogP contribution in [0.3, 0.4) is 0 Å². The van der Waals surface area contributed by atoms with Crippen molar-refractivity contribution in [1.29, 1.82) is 0 Å². The van der Waals surface area contributed by atoms with Crippen molar-refractivity contribution < 1.29 is 9.47 Å². The van der Waals surface area contributed by atoms with E-state index >= 15 is 0 Å². The normalized spacial score (nSPS) is 11.6. The number of aliphatic imine (C=N–C) groups is 1. The molecule has 0 aliphatic heterocycles. The lowest BCUT2D eigenvalue weighted by atomic mass is 10.1. The highest BCUT2D eigenvalue weighted by atomic mass is 16.5. The molecule has 0 saturated carbocycles. The van der Waals surface area contributed by atoms with Gasteiger partial charge in [0.25, 0.3) is 0 Å². The predicted octanol–water partition coefficient (Wildman–Crippen LogP) is 1.76. The summed E-state index contributed by atoms with van der Waals surface area (Å²) < 4.78 is 13.0. The summed E-state index contributed by atoms with van der Waals surface area (Å²) in [6.45, 7) is 8.85. The molecule has 0 saturated heterocycles. The smallest absolute Gasteiger partial charge is 0.191 e. The molecule has 28 heavy (non-hydrogen) atoms. The molecule has 2 aromatic rings. The van der Waals surface area contributed by atoms with Gasteiger partial charge in [-0.1, -0.05) is 31.2 Å². The second kappa shape index (κ2) is 12.9. The van der Waals surface area contributed by atoms with E-state index in [9.17, 15) is 0 Å². The van der Waals surface area contributed by atoms with E-state index in [4.69, 9.17) is 9.47 Å². The molecule has 1 aromatic carbocycles. The van der Waals surface area contributed by atoms with Gasteiger partial charge < -0.3 is 24.7 Å². The standard InChI is InChI=1S/C20H32N6O2/c1-4-19-25-24-16-26(19)10-9-22-20(21-3)23-14-17-7-6-8-18(13-17)15-28-12-11-27-5-2/h6-8,13,16H,4-5,9-12,14-15H2,1-3H3,(H2,21,22,23). The number of benzene rings is 1. The Morgan fingerprint density at radius 3 is 2.75 bits per heavy atom. The van der Waals surface area contributed by atoms with E-state index in [1.807, 2.05) is 13.0 Å². The van der Waals surface area contributed by atoms with Crippen LogP contribution in [0.4, 0.5) is 0 Å². The Kier molecular flexibility index (Phi) is 10.0. The molecule has 0 bridgehead atoms. The summed E-state index contributed by atoms with van der Waals surface area (Å²) >= 11 is 0. The molecule has 1 heterocycles. The third kappa shape index (κ3) is 7.66. The molecule has 0 spiro atoms. The fourth-order valence-electron chi connectivity index (χ4n) is 2.72. The summed E-state index contributed by atoms with van der Waals surface area (Å²) in [6, 6.07) is 8.36. The molecule has 0 fully saturated rings. The first kappa shape index (κ1) is 21.8. The number of hydrogen-bond acceptors (Lipinski definition) is 5. The van der Waals surface area contributed by atoms with Gasteiger partial charge in [0.05, 0.1) is 19.8 Å². The molecule has 0 aliphatic rings. The van der Waals surface area contributed by atoms with Crippen molar-refractivity contribution in [2.45, 2.75) is 40.0 Å². The predicted molar refractivity (Wildman–Crippen MR) is 110 cm³/mol. The highest BCUT2D eigenvalue weighted by Crippen LogP contribution is 2.06. The Labute approximate surface area is 167 Å². The van der Waals surface area contributed by atoms with Crippen LogP contribution in [-0.4, -0.2) is 54.1 Å². The molecule has 8 heteroatoms. The fourth-order valence-corrected chi connectivity index (χ4v) is 2.72. The molecule has 1 aromatic heterocycles. The highest BCUT2D eigenvalue weighted by molar-refractivity contribution is 5.79. The van der Waals surface area contributed by atoms with Crippen LogP contribution in [0.1, 0.15) is 30.8 Å². The Bertz CT molecular complexity index is 716. The van der Waals surface area contributed by atoms with Crippen LogP contribution in [-0.2, 0) is 35.6 Å². The molecule has 2 N–H and O–H groups in total. The van der Waals surface area contributed by atoms with E-state index < -0.39 is 0 Å². The first-order valence-electron chi connectivity index (χ1n) is 9.81. The minimum absolute atomic E-state index is 0.590. The Hall–Kier alpha value is -2.45. The van der Waals surface area contributed by atoms with Crippen molar-refractivity contribution in [3.63, 3.8) is 0 Å². The Morgan fingerprint density at radius 1 is 1.14 bits per heavy atom. The summed E-state index contributed by atoms with van der Waals surface area (Å²) in [5.41, 5.74) is 2.33. The number of aromatic nitrogens is 3. The monoisotopic (exact) mass is 388 g/mol. The summed E-state index contributed by atoms with van der Waals surface area (Å²) in [7, 11) is 1.77. The highest BCUT2D eigenvalue weighted by Gasteiger charge is 2.03. The Morgan fingerprint density at radius 2 is 1.96 bits per heavy atom. The van der Waals surface area contributed by atoms with Gasteiger partial charge >= 0.3 is 0 Å². The average Bonchev–Trinajstić information content (AvgIpc) is 3.18. The van der Waals surface area contributed by atoms with Gasteiger partial charge in [0.15, 0.2) is 5.96 Å². The first-order valence-corrected chi connectivity index (χ1v) is 9.81. The molecule has 0 aliphatic carbocycles. The number of nitrogens with zero attached hydrogens (tertiary/aromatic N) is 4. The van der Waals surface area contributed by atoms with E-state index in [-0.39, 0.29) is 0 Å². The topological polar surface area (TPSA) is 85.6 Å². The fraction of sp³-hybridized carbons (Fsp3) is 0.550. The zero-order valence-electron chi connectivity index (χ0n) is 17.1. The van der Waals surface area contributed by atoms with Gasteiger partial charge in [-0.2, -0.15) is 0 Å². The van der Waals surface area contributed by atoms with E-state index in [0.717, 1.165) is 43.5 Å². The van der Waals surface area contributed by atoms with Crippen LogP contribution in [0.25, 0.3) is 0 Å². The summed E-state index contributed by atoms with van der Waals surface area (Å²) in [4.78, 5) is 4.28. The van der Waals surface area contributed by atoms with Gasteiger partial charge in [-0.3, -0.25) is 4.99 Å². The lowest BCUT2D eigenvalue weighted by molar-refractivity contribution is 0.0453. The van der Waals surface area contributed by atoms with Gasteiger partial charge in [0.2, 0.25) is 0 Å². The first-order chi connectivity index (χ1) is 13.8. The zero-order valence-corrected chi connectivity index (χ0v) is 17.1. The van der Waals surface area contributed by atoms with E-state index in [0.29, 0.717) is 26.4 Å². The number of rotatable bonds is 12. The number of nitrogens with one attached hydrogen (secondary N) is 2. The van der Waals surface area contributed by atoms with Crippen LogP contribution < -0.4 is 10.6 Å². The van der Waals surface area contributed by atoms with Crippen LogP contribution >= 0.6 is 0 Å². The number of hydrogen-bond donors (Lipinski definition) is 2. The second-order valence-corrected chi connectivity index (χ2v) is 6.22. The van der Waals surface area contributed by atoms with Crippen LogP contribution in [0.15, 0.2) is 35.6 Å². The van der Waals surface area contributed by atoms with Crippen molar-refractivity contribution in [2.24, 2.45) is 4.99 Å². The minimum Gasteiger partial charge on any atom is -0.379 e. The summed E-state index contributed by atoms with van der Waals surface area (Å²) in [6.07, 6.45) is 2.64. The van der Waals surface area contributed by atoms with Gasteiger partial charge in [0, 0.05) is 39.7 Å². The molecule has 154 valence electrons. The summed E-state index contributed by atoms with van der Waals surface area (Å²) in [5.74, 6) is 1.76. The van der Waals surface area contributed by atoms with Gasteiger partial charge in [-0.15, -0.1) is 10.2 Å². The zero-order chi connectivity index (χ0) is 20.0. The van der Waals surface area contributed by atoms with E-state index in [1.54, 1.807) is 13.4 Å². The van der Waals surface area contributed by atoms with Gasteiger partial charge in [-0.25, -0.2) is 0 Å². The summed E-state index contributed by atoms with van der Waals surface area (Å²) in [5, 5.41) is 14.7.